The van der Waals surface area contributed by atoms with Gasteiger partial charge in [-0.1, -0.05) is 0 Å². The maximum atomic E-state index is 13.5. The van der Waals surface area contributed by atoms with Gasteiger partial charge in [0.05, 0.1) is 13.4 Å². The number of nitrogens with zero attached hydrogens (tertiary/aromatic N) is 1. The number of rotatable bonds is 5. The second-order valence-corrected chi connectivity index (χ2v) is 5.91. The molecule has 1 aromatic carbocycles. The van der Waals surface area contributed by atoms with Gasteiger partial charge in [-0.25, -0.2) is 4.39 Å². The fourth-order valence-corrected chi connectivity index (χ4v) is 3.16. The molecule has 128 valence electrons. The van der Waals surface area contributed by atoms with Crippen molar-refractivity contribution in [2.45, 2.75) is 31.4 Å². The van der Waals surface area contributed by atoms with Crippen molar-refractivity contribution in [3.05, 3.63) is 53.7 Å². The number of likely N-dealkylation sites (tertiary alicyclic amines) is 1. The van der Waals surface area contributed by atoms with Crippen LogP contribution in [0.1, 0.15) is 41.5 Å². The summed E-state index contributed by atoms with van der Waals surface area (Å²) in [4.78, 5) is 14.5. The Morgan fingerprint density at radius 3 is 3.04 bits per heavy atom. The minimum atomic E-state index is -0.749. The van der Waals surface area contributed by atoms with Crippen molar-refractivity contribution in [3.8, 4) is 5.75 Å². The molecule has 1 aromatic heterocycles. The molecule has 24 heavy (non-hydrogen) atoms. The number of ether oxygens (including phenoxy) is 1. The van der Waals surface area contributed by atoms with E-state index in [9.17, 15) is 14.3 Å². The number of halogens is 1. The lowest BCUT2D eigenvalue weighted by Crippen LogP contribution is -2.36. The Bertz CT molecular complexity index is 701. The third-order valence-corrected chi connectivity index (χ3v) is 4.40. The molecule has 1 aliphatic rings. The summed E-state index contributed by atoms with van der Waals surface area (Å²) in [7, 11) is 1.37. The summed E-state index contributed by atoms with van der Waals surface area (Å²) in [6, 6.07) is 7.47. The van der Waals surface area contributed by atoms with Gasteiger partial charge in [-0.05, 0) is 43.2 Å². The predicted octanol–water partition coefficient (Wildman–Crippen LogP) is 3.16. The molecule has 1 fully saturated rings. The molecule has 3 rings (SSSR count). The van der Waals surface area contributed by atoms with Crippen molar-refractivity contribution >= 4 is 5.91 Å². The van der Waals surface area contributed by atoms with Crippen LogP contribution < -0.4 is 4.74 Å². The van der Waals surface area contributed by atoms with Gasteiger partial charge in [-0.2, -0.15) is 0 Å². The van der Waals surface area contributed by atoms with E-state index < -0.39 is 11.9 Å². The predicted molar refractivity (Wildman–Crippen MR) is 85.3 cm³/mol. The summed E-state index contributed by atoms with van der Waals surface area (Å²) >= 11 is 0. The first-order valence-corrected chi connectivity index (χ1v) is 7.96. The average molecular weight is 333 g/mol. The number of carbonyl (C=O) groups is 1. The zero-order valence-corrected chi connectivity index (χ0v) is 13.4. The molecule has 0 bridgehead atoms. The number of aliphatic hydroxyl groups is 1. The van der Waals surface area contributed by atoms with Gasteiger partial charge in [0.25, 0.3) is 5.91 Å². The molecule has 0 radical (unpaired) electrons. The molecule has 2 heterocycles. The number of aliphatic hydroxyl groups excluding tert-OH is 1. The molecular formula is C18H20FNO4. The lowest BCUT2D eigenvalue weighted by Gasteiger charge is -2.26. The number of hydrogen-bond donors (Lipinski definition) is 1. The molecule has 0 aliphatic carbocycles. The van der Waals surface area contributed by atoms with Gasteiger partial charge in [0.1, 0.15) is 11.9 Å². The summed E-state index contributed by atoms with van der Waals surface area (Å²) in [5.41, 5.74) is 0.382. The smallest absolute Gasteiger partial charge is 0.254 e. The second kappa shape index (κ2) is 7.05. The van der Waals surface area contributed by atoms with Crippen molar-refractivity contribution in [1.82, 2.24) is 4.90 Å². The average Bonchev–Trinajstić information content (AvgIpc) is 3.26. The first kappa shape index (κ1) is 16.5. The Balaban J connectivity index is 1.74. The van der Waals surface area contributed by atoms with Crippen LogP contribution in [-0.2, 0) is 0 Å². The number of amides is 1. The van der Waals surface area contributed by atoms with Gasteiger partial charge < -0.3 is 19.2 Å². The van der Waals surface area contributed by atoms with E-state index in [0.29, 0.717) is 24.3 Å². The maximum Gasteiger partial charge on any atom is 0.254 e. The summed E-state index contributed by atoms with van der Waals surface area (Å²) in [6.07, 6.45) is 2.88. The van der Waals surface area contributed by atoms with Crippen LogP contribution in [-0.4, -0.2) is 35.6 Å². The summed E-state index contributed by atoms with van der Waals surface area (Å²) in [5.74, 6) is -0.132. The summed E-state index contributed by atoms with van der Waals surface area (Å²) in [6.45, 7) is 0.619. The minimum absolute atomic E-state index is 0.0483. The zero-order chi connectivity index (χ0) is 17.1. The Labute approximate surface area is 139 Å². The van der Waals surface area contributed by atoms with E-state index in [2.05, 4.69) is 0 Å². The molecule has 0 saturated carbocycles. The monoisotopic (exact) mass is 333 g/mol. The van der Waals surface area contributed by atoms with Crippen molar-refractivity contribution in [2.24, 2.45) is 0 Å². The minimum Gasteiger partial charge on any atom is -0.494 e. The fourth-order valence-electron chi connectivity index (χ4n) is 3.16. The third-order valence-electron chi connectivity index (χ3n) is 4.40. The molecule has 2 atom stereocenters. The highest BCUT2D eigenvalue weighted by Gasteiger charge is 2.32. The Kier molecular flexibility index (Phi) is 4.85. The van der Waals surface area contributed by atoms with E-state index in [1.54, 1.807) is 17.0 Å². The number of methoxy groups -OCH3 is 1. The summed E-state index contributed by atoms with van der Waals surface area (Å²) in [5, 5.41) is 10.3. The first-order chi connectivity index (χ1) is 11.6. The standard InChI is InChI=1S/C18H20FNO4/c1-23-17-10-12(6-7-14(17)19)18(22)20-8-2-4-13(20)11-15(21)16-5-3-9-24-16/h3,5-7,9-10,13,15,21H,2,4,8,11H2,1H3. The molecule has 6 heteroatoms. The van der Waals surface area contributed by atoms with Gasteiger partial charge in [-0.15, -0.1) is 0 Å². The van der Waals surface area contributed by atoms with Crippen LogP contribution in [0.2, 0.25) is 0 Å². The highest BCUT2D eigenvalue weighted by atomic mass is 19.1. The molecule has 2 aromatic rings. The highest BCUT2D eigenvalue weighted by molar-refractivity contribution is 5.95. The molecule has 1 saturated heterocycles. The number of furan rings is 1. The van der Waals surface area contributed by atoms with E-state index in [0.717, 1.165) is 12.8 Å². The van der Waals surface area contributed by atoms with Crippen molar-refractivity contribution in [3.63, 3.8) is 0 Å². The van der Waals surface area contributed by atoms with Crippen LogP contribution in [0.25, 0.3) is 0 Å². The first-order valence-electron chi connectivity index (χ1n) is 7.96. The Morgan fingerprint density at radius 1 is 1.50 bits per heavy atom. The van der Waals surface area contributed by atoms with Crippen LogP contribution in [0.5, 0.6) is 5.75 Å². The molecule has 1 N–H and O–H groups in total. The van der Waals surface area contributed by atoms with Gasteiger partial charge in [0.15, 0.2) is 11.6 Å². The maximum absolute atomic E-state index is 13.5. The van der Waals surface area contributed by atoms with Gasteiger partial charge >= 0.3 is 0 Å². The van der Waals surface area contributed by atoms with Crippen LogP contribution in [0.4, 0.5) is 4.39 Å². The molecular weight excluding hydrogens is 313 g/mol. The van der Waals surface area contributed by atoms with Crippen molar-refractivity contribution in [2.75, 3.05) is 13.7 Å². The third kappa shape index (κ3) is 3.28. The lowest BCUT2D eigenvalue weighted by molar-refractivity contribution is 0.0641. The van der Waals surface area contributed by atoms with Crippen LogP contribution in [0.3, 0.4) is 0 Å². The zero-order valence-electron chi connectivity index (χ0n) is 13.4. The molecule has 1 aliphatic heterocycles. The largest absolute Gasteiger partial charge is 0.494 e. The van der Waals surface area contributed by atoms with Crippen molar-refractivity contribution < 1.29 is 23.4 Å². The van der Waals surface area contributed by atoms with Gasteiger partial charge in [-0.3, -0.25) is 4.79 Å². The molecule has 5 nitrogen and oxygen atoms in total. The second-order valence-electron chi connectivity index (χ2n) is 5.91. The van der Waals surface area contributed by atoms with E-state index in [4.69, 9.17) is 9.15 Å². The van der Waals surface area contributed by atoms with E-state index in [1.165, 1.54) is 31.6 Å². The SMILES string of the molecule is COc1cc(C(=O)N2CCCC2CC(O)c2ccco2)ccc1F. The van der Waals surface area contributed by atoms with Crippen LogP contribution >= 0.6 is 0 Å². The topological polar surface area (TPSA) is 62.9 Å². The van der Waals surface area contributed by atoms with Crippen LogP contribution in [0.15, 0.2) is 41.0 Å². The normalized spacial score (nSPS) is 18.6. The van der Waals surface area contributed by atoms with Crippen molar-refractivity contribution in [1.29, 1.82) is 0 Å². The molecule has 1 amide bonds. The lowest BCUT2D eigenvalue weighted by atomic mass is 10.0. The van der Waals surface area contributed by atoms with E-state index >= 15 is 0 Å². The fraction of sp³-hybridized carbons (Fsp3) is 0.389. The van der Waals surface area contributed by atoms with Gasteiger partial charge in [0, 0.05) is 24.6 Å². The Hall–Kier alpha value is -2.34. The summed E-state index contributed by atoms with van der Waals surface area (Å²) < 4.78 is 23.7. The number of benzene rings is 1. The number of hydrogen-bond acceptors (Lipinski definition) is 4. The van der Waals surface area contributed by atoms with E-state index in [-0.39, 0.29) is 17.7 Å². The Morgan fingerprint density at radius 2 is 2.33 bits per heavy atom. The quantitative estimate of drug-likeness (QED) is 0.913. The molecule has 0 spiro atoms. The van der Waals surface area contributed by atoms with E-state index in [1.807, 2.05) is 0 Å². The number of carbonyl (C=O) groups excluding carboxylic acids is 1. The highest BCUT2D eigenvalue weighted by Crippen LogP contribution is 2.29. The van der Waals surface area contributed by atoms with Gasteiger partial charge in [0.2, 0.25) is 0 Å². The van der Waals surface area contributed by atoms with Crippen LogP contribution in [0, 0.1) is 5.82 Å². The molecule has 2 unspecified atom stereocenters.